The predicted molar refractivity (Wildman–Crippen MR) is 71.5 cm³/mol. The van der Waals surface area contributed by atoms with E-state index >= 15 is 0 Å². The lowest BCUT2D eigenvalue weighted by Gasteiger charge is -2.21. The van der Waals surface area contributed by atoms with Crippen molar-refractivity contribution < 1.29 is 5.11 Å². The van der Waals surface area contributed by atoms with Crippen molar-refractivity contribution in [2.45, 2.75) is 38.8 Å². The van der Waals surface area contributed by atoms with Crippen LogP contribution in [0.1, 0.15) is 31.7 Å². The number of aliphatic hydroxyl groups is 1. The van der Waals surface area contributed by atoms with Crippen molar-refractivity contribution in [3.05, 3.63) is 18.0 Å². The first-order valence-corrected chi connectivity index (χ1v) is 6.74. The van der Waals surface area contributed by atoms with E-state index in [9.17, 15) is 0 Å². The summed E-state index contributed by atoms with van der Waals surface area (Å²) in [5, 5.41) is 12.4. The molecule has 100 valence electrons. The second-order valence-corrected chi connectivity index (χ2v) is 4.72. The van der Waals surface area contributed by atoms with Gasteiger partial charge in [-0.1, -0.05) is 6.92 Å². The normalized spacial score (nSPS) is 14.8. The highest BCUT2D eigenvalue weighted by Gasteiger charge is 2.30. The van der Waals surface area contributed by atoms with E-state index in [0.29, 0.717) is 12.6 Å². The van der Waals surface area contributed by atoms with Gasteiger partial charge in [0.05, 0.1) is 6.61 Å². The van der Waals surface area contributed by atoms with Gasteiger partial charge in [0.1, 0.15) is 0 Å². The minimum Gasteiger partial charge on any atom is -0.395 e. The van der Waals surface area contributed by atoms with Gasteiger partial charge in [0, 0.05) is 37.1 Å². The maximum absolute atomic E-state index is 9.07. The zero-order valence-electron chi connectivity index (χ0n) is 11.0. The van der Waals surface area contributed by atoms with Crippen molar-refractivity contribution in [3.63, 3.8) is 0 Å². The zero-order valence-corrected chi connectivity index (χ0v) is 11.0. The van der Waals surface area contributed by atoms with Gasteiger partial charge in [-0.2, -0.15) is 0 Å². The molecule has 1 aromatic heterocycles. The van der Waals surface area contributed by atoms with E-state index in [-0.39, 0.29) is 6.61 Å². The Bertz CT molecular complexity index is 351. The smallest absolute Gasteiger partial charge is 0.225 e. The lowest BCUT2D eigenvalue weighted by Crippen LogP contribution is -2.30. The van der Waals surface area contributed by atoms with Crippen molar-refractivity contribution in [1.82, 2.24) is 15.3 Å². The van der Waals surface area contributed by atoms with Gasteiger partial charge < -0.3 is 15.3 Å². The van der Waals surface area contributed by atoms with Crippen LogP contribution in [-0.4, -0.2) is 40.8 Å². The lowest BCUT2D eigenvalue weighted by molar-refractivity contribution is 0.300. The summed E-state index contributed by atoms with van der Waals surface area (Å²) in [5.41, 5.74) is 1.10. The number of nitrogens with zero attached hydrogens (tertiary/aromatic N) is 3. The van der Waals surface area contributed by atoms with Crippen LogP contribution >= 0.6 is 0 Å². The first kappa shape index (κ1) is 13.2. The number of hydrogen-bond donors (Lipinski definition) is 2. The first-order valence-electron chi connectivity index (χ1n) is 6.74. The molecule has 1 heterocycles. The number of anilines is 1. The van der Waals surface area contributed by atoms with Crippen LogP contribution in [0.2, 0.25) is 0 Å². The quantitative estimate of drug-likeness (QED) is 0.672. The summed E-state index contributed by atoms with van der Waals surface area (Å²) in [5.74, 6) is 0.741. The third-order valence-electron chi connectivity index (χ3n) is 3.03. The fourth-order valence-corrected chi connectivity index (χ4v) is 1.94. The van der Waals surface area contributed by atoms with Gasteiger partial charge in [-0.3, -0.25) is 0 Å². The van der Waals surface area contributed by atoms with Gasteiger partial charge in [-0.25, -0.2) is 9.97 Å². The molecular weight excluding hydrogens is 228 g/mol. The van der Waals surface area contributed by atoms with Gasteiger partial charge in [0.15, 0.2) is 0 Å². The molecule has 0 bridgehead atoms. The van der Waals surface area contributed by atoms with Gasteiger partial charge in [-0.05, 0) is 25.8 Å². The molecule has 0 radical (unpaired) electrons. The summed E-state index contributed by atoms with van der Waals surface area (Å²) >= 11 is 0. The second-order valence-electron chi connectivity index (χ2n) is 4.72. The van der Waals surface area contributed by atoms with Crippen molar-refractivity contribution in [3.8, 4) is 0 Å². The van der Waals surface area contributed by atoms with Crippen molar-refractivity contribution in [2.24, 2.45) is 0 Å². The fraction of sp³-hybridized carbons (Fsp3) is 0.692. The molecule has 0 aliphatic heterocycles. The number of aromatic nitrogens is 2. The Morgan fingerprint density at radius 1 is 1.39 bits per heavy atom. The Morgan fingerprint density at radius 3 is 2.67 bits per heavy atom. The average Bonchev–Trinajstić information content (AvgIpc) is 3.22. The topological polar surface area (TPSA) is 61.3 Å². The van der Waals surface area contributed by atoms with Crippen LogP contribution in [0.5, 0.6) is 0 Å². The molecule has 0 spiro atoms. The molecule has 0 unspecified atom stereocenters. The molecule has 1 saturated carbocycles. The predicted octanol–water partition coefficient (Wildman–Crippen LogP) is 0.937. The van der Waals surface area contributed by atoms with Crippen molar-refractivity contribution in [1.29, 1.82) is 0 Å². The second kappa shape index (κ2) is 6.66. The van der Waals surface area contributed by atoms with Crippen LogP contribution in [0.3, 0.4) is 0 Å². The largest absolute Gasteiger partial charge is 0.395 e. The molecule has 1 aliphatic carbocycles. The molecule has 0 saturated heterocycles. The molecule has 0 atom stereocenters. The number of aliphatic hydroxyl groups excluding tert-OH is 1. The molecule has 0 aromatic carbocycles. The van der Waals surface area contributed by atoms with Crippen LogP contribution < -0.4 is 10.2 Å². The standard InChI is InChI=1S/C13H22N4O/c1-2-5-14-8-11-9-15-13(16-10-11)17(6-7-18)12-3-4-12/h9-10,12,14,18H,2-8H2,1H3. The molecule has 2 N–H and O–H groups in total. The highest BCUT2D eigenvalue weighted by atomic mass is 16.3. The Hall–Kier alpha value is -1.20. The van der Waals surface area contributed by atoms with E-state index in [4.69, 9.17) is 5.11 Å². The molecule has 0 amide bonds. The molecule has 5 nitrogen and oxygen atoms in total. The Morgan fingerprint density at radius 2 is 2.11 bits per heavy atom. The lowest BCUT2D eigenvalue weighted by atomic mass is 10.3. The fourth-order valence-electron chi connectivity index (χ4n) is 1.94. The Balaban J connectivity index is 1.92. The minimum absolute atomic E-state index is 0.152. The van der Waals surface area contributed by atoms with E-state index in [0.717, 1.165) is 31.0 Å². The molecule has 18 heavy (non-hydrogen) atoms. The van der Waals surface area contributed by atoms with E-state index in [1.54, 1.807) is 0 Å². The van der Waals surface area contributed by atoms with Crippen LogP contribution in [0.25, 0.3) is 0 Å². The summed E-state index contributed by atoms with van der Waals surface area (Å²) in [6.45, 7) is 4.75. The number of hydrogen-bond acceptors (Lipinski definition) is 5. The molecular formula is C13H22N4O. The highest BCUT2D eigenvalue weighted by Crippen LogP contribution is 2.29. The molecule has 1 aromatic rings. The average molecular weight is 250 g/mol. The van der Waals surface area contributed by atoms with Crippen LogP contribution in [0.15, 0.2) is 12.4 Å². The molecule has 1 aliphatic rings. The van der Waals surface area contributed by atoms with Crippen LogP contribution in [0, 0.1) is 0 Å². The summed E-state index contributed by atoms with van der Waals surface area (Å²) in [7, 11) is 0. The molecule has 5 heteroatoms. The Labute approximate surface area is 108 Å². The highest BCUT2D eigenvalue weighted by molar-refractivity contribution is 5.34. The van der Waals surface area contributed by atoms with Gasteiger partial charge in [-0.15, -0.1) is 0 Å². The summed E-state index contributed by atoms with van der Waals surface area (Å²) in [4.78, 5) is 10.9. The zero-order chi connectivity index (χ0) is 12.8. The first-order chi connectivity index (χ1) is 8.85. The monoisotopic (exact) mass is 250 g/mol. The minimum atomic E-state index is 0.152. The van der Waals surface area contributed by atoms with Crippen LogP contribution in [0.4, 0.5) is 5.95 Å². The third-order valence-corrected chi connectivity index (χ3v) is 3.03. The van der Waals surface area contributed by atoms with E-state index in [2.05, 4.69) is 27.1 Å². The van der Waals surface area contributed by atoms with Crippen molar-refractivity contribution >= 4 is 5.95 Å². The SMILES string of the molecule is CCCNCc1cnc(N(CCO)C2CC2)nc1. The maximum atomic E-state index is 9.07. The number of nitrogens with one attached hydrogen (secondary N) is 1. The molecule has 2 rings (SSSR count). The van der Waals surface area contributed by atoms with Gasteiger partial charge in [0.25, 0.3) is 0 Å². The van der Waals surface area contributed by atoms with Gasteiger partial charge in [0.2, 0.25) is 5.95 Å². The molecule has 1 fully saturated rings. The van der Waals surface area contributed by atoms with Crippen LogP contribution in [-0.2, 0) is 6.54 Å². The van der Waals surface area contributed by atoms with E-state index < -0.39 is 0 Å². The summed E-state index contributed by atoms with van der Waals surface area (Å²) in [6, 6.07) is 0.529. The van der Waals surface area contributed by atoms with Gasteiger partial charge >= 0.3 is 0 Å². The summed E-state index contributed by atoms with van der Waals surface area (Å²) < 4.78 is 0. The van der Waals surface area contributed by atoms with Crippen molar-refractivity contribution in [2.75, 3.05) is 24.6 Å². The third kappa shape index (κ3) is 3.65. The maximum Gasteiger partial charge on any atom is 0.225 e. The number of rotatable bonds is 8. The van der Waals surface area contributed by atoms with E-state index in [1.807, 2.05) is 12.4 Å². The summed E-state index contributed by atoms with van der Waals surface area (Å²) in [6.07, 6.45) is 7.24. The van der Waals surface area contributed by atoms with E-state index in [1.165, 1.54) is 12.8 Å². The Kier molecular flexibility index (Phi) is 4.90.